The third-order valence-corrected chi connectivity index (χ3v) is 0.674. The van der Waals surface area contributed by atoms with Crippen LogP contribution in [0.3, 0.4) is 0 Å². The van der Waals surface area contributed by atoms with Crippen LogP contribution in [0.5, 0.6) is 0 Å². The molecule has 0 fully saturated rings. The summed E-state index contributed by atoms with van der Waals surface area (Å²) in [7, 11) is 1.43. The summed E-state index contributed by atoms with van der Waals surface area (Å²) < 4.78 is 4.56. The molecule has 0 saturated heterocycles. The average molecular weight is 128 g/mol. The maximum Gasteiger partial charge on any atom is 0.328 e. The number of hydrogen-bond donors (Lipinski definition) is 1. The number of carboxylic acid groups (broad SMARTS) is 1. The smallest absolute Gasteiger partial charge is 0.328 e. The Morgan fingerprint density at radius 3 is 2.56 bits per heavy atom. The molecule has 0 saturated carbocycles. The van der Waals surface area contributed by atoms with Gasteiger partial charge in [0.15, 0.2) is 0 Å². The van der Waals surface area contributed by atoms with E-state index < -0.39 is 5.97 Å². The van der Waals surface area contributed by atoms with Gasteiger partial charge in [0.2, 0.25) is 0 Å². The van der Waals surface area contributed by atoms with Gasteiger partial charge in [-0.25, -0.2) is 4.79 Å². The van der Waals surface area contributed by atoms with Crippen LogP contribution in [0.1, 0.15) is 0 Å². The largest absolute Gasteiger partial charge is 0.497 e. The normalized spacial score (nSPS) is 9.44. The second-order valence-corrected chi connectivity index (χ2v) is 1.34. The van der Waals surface area contributed by atoms with Gasteiger partial charge in [0.1, 0.15) is 5.76 Å². The van der Waals surface area contributed by atoms with Crippen molar-refractivity contribution in [1.82, 2.24) is 0 Å². The SMILES string of the molecule is C=C(/C=C\C(=O)O)OC. The minimum Gasteiger partial charge on any atom is -0.497 e. The second-order valence-electron chi connectivity index (χ2n) is 1.34. The summed E-state index contributed by atoms with van der Waals surface area (Å²) in [5.41, 5.74) is 0. The van der Waals surface area contributed by atoms with Crippen LogP contribution < -0.4 is 0 Å². The van der Waals surface area contributed by atoms with Crippen LogP contribution in [-0.2, 0) is 9.53 Å². The molecular weight excluding hydrogens is 120 g/mol. The molecule has 0 rings (SSSR count). The van der Waals surface area contributed by atoms with E-state index in [2.05, 4.69) is 11.3 Å². The Bertz CT molecular complexity index is 146. The van der Waals surface area contributed by atoms with Gasteiger partial charge in [0.05, 0.1) is 7.11 Å². The van der Waals surface area contributed by atoms with E-state index in [0.717, 1.165) is 6.08 Å². The molecule has 0 aliphatic carbocycles. The fraction of sp³-hybridized carbons (Fsp3) is 0.167. The predicted octanol–water partition coefficient (Wildman–Crippen LogP) is 0.787. The Morgan fingerprint density at radius 1 is 1.67 bits per heavy atom. The predicted molar refractivity (Wildman–Crippen MR) is 32.9 cm³/mol. The molecule has 3 heteroatoms. The zero-order chi connectivity index (χ0) is 7.28. The van der Waals surface area contributed by atoms with Crippen molar-refractivity contribution in [1.29, 1.82) is 0 Å². The zero-order valence-electron chi connectivity index (χ0n) is 5.13. The van der Waals surface area contributed by atoms with Crippen LogP contribution in [0, 0.1) is 0 Å². The molecule has 0 amide bonds. The maximum absolute atomic E-state index is 9.84. The highest BCUT2D eigenvalue weighted by atomic mass is 16.5. The molecule has 0 bridgehead atoms. The van der Waals surface area contributed by atoms with Gasteiger partial charge in [-0.05, 0) is 6.08 Å². The molecule has 50 valence electrons. The van der Waals surface area contributed by atoms with Gasteiger partial charge in [0.25, 0.3) is 0 Å². The van der Waals surface area contributed by atoms with Gasteiger partial charge in [-0.2, -0.15) is 0 Å². The highest BCUT2D eigenvalue weighted by molar-refractivity contribution is 5.80. The van der Waals surface area contributed by atoms with Crippen LogP contribution in [-0.4, -0.2) is 18.2 Å². The summed E-state index contributed by atoms with van der Waals surface area (Å²) in [4.78, 5) is 9.84. The molecule has 0 unspecified atom stereocenters. The van der Waals surface area contributed by atoms with Crippen molar-refractivity contribution < 1.29 is 14.6 Å². The number of methoxy groups -OCH3 is 1. The Labute approximate surface area is 53.3 Å². The van der Waals surface area contributed by atoms with Crippen molar-refractivity contribution in [3.8, 4) is 0 Å². The minimum absolute atomic E-state index is 0.331. The lowest BCUT2D eigenvalue weighted by atomic mass is 10.4. The number of ether oxygens (including phenoxy) is 1. The Morgan fingerprint density at radius 2 is 2.22 bits per heavy atom. The molecule has 1 N–H and O–H groups in total. The van der Waals surface area contributed by atoms with Crippen molar-refractivity contribution in [2.24, 2.45) is 0 Å². The van der Waals surface area contributed by atoms with Gasteiger partial charge < -0.3 is 9.84 Å². The average Bonchev–Trinajstić information content (AvgIpc) is 1.83. The first kappa shape index (κ1) is 7.75. The van der Waals surface area contributed by atoms with E-state index in [4.69, 9.17) is 5.11 Å². The molecule has 0 radical (unpaired) electrons. The van der Waals surface area contributed by atoms with Gasteiger partial charge >= 0.3 is 5.97 Å². The maximum atomic E-state index is 9.84. The van der Waals surface area contributed by atoms with Crippen molar-refractivity contribution in [2.45, 2.75) is 0 Å². The summed E-state index contributed by atoms with van der Waals surface area (Å²) in [6.45, 7) is 3.37. The number of hydrogen-bond acceptors (Lipinski definition) is 2. The molecule has 9 heavy (non-hydrogen) atoms. The number of aliphatic carboxylic acids is 1. The molecule has 0 aromatic rings. The summed E-state index contributed by atoms with van der Waals surface area (Å²) in [5, 5.41) is 8.07. The lowest BCUT2D eigenvalue weighted by Gasteiger charge is -1.92. The molecule has 0 atom stereocenters. The zero-order valence-corrected chi connectivity index (χ0v) is 5.13. The molecule has 0 spiro atoms. The molecule has 0 heterocycles. The third kappa shape index (κ3) is 4.61. The van der Waals surface area contributed by atoms with E-state index in [0.29, 0.717) is 5.76 Å². The molecular formula is C6H8O3. The lowest BCUT2D eigenvalue weighted by molar-refractivity contribution is -0.131. The van der Waals surface area contributed by atoms with Crippen LogP contribution in [0.2, 0.25) is 0 Å². The molecule has 0 aliphatic heterocycles. The second kappa shape index (κ2) is 3.72. The topological polar surface area (TPSA) is 46.5 Å². The first-order valence-corrected chi connectivity index (χ1v) is 2.30. The van der Waals surface area contributed by atoms with E-state index in [9.17, 15) is 4.79 Å². The highest BCUT2D eigenvalue weighted by Crippen LogP contribution is 1.90. The molecule has 3 nitrogen and oxygen atoms in total. The summed E-state index contributed by atoms with van der Waals surface area (Å²) >= 11 is 0. The first-order valence-electron chi connectivity index (χ1n) is 2.30. The fourth-order valence-corrected chi connectivity index (χ4v) is 0.232. The molecule has 0 aromatic heterocycles. The quantitative estimate of drug-likeness (QED) is 0.347. The van der Waals surface area contributed by atoms with E-state index in [1.54, 1.807) is 0 Å². The van der Waals surface area contributed by atoms with Crippen molar-refractivity contribution in [3.05, 3.63) is 24.5 Å². The summed E-state index contributed by atoms with van der Waals surface area (Å²) in [5.74, 6) is -0.675. The Kier molecular flexibility index (Phi) is 3.20. The minimum atomic E-state index is -1.01. The van der Waals surface area contributed by atoms with E-state index in [1.165, 1.54) is 13.2 Å². The van der Waals surface area contributed by atoms with Gasteiger partial charge in [-0.1, -0.05) is 6.58 Å². The third-order valence-electron chi connectivity index (χ3n) is 0.674. The Balaban J connectivity index is 3.71. The monoisotopic (exact) mass is 128 g/mol. The van der Waals surface area contributed by atoms with Crippen LogP contribution in [0.4, 0.5) is 0 Å². The van der Waals surface area contributed by atoms with Crippen molar-refractivity contribution in [2.75, 3.05) is 7.11 Å². The number of carbonyl (C=O) groups is 1. The summed E-state index contributed by atoms with van der Waals surface area (Å²) in [6.07, 6.45) is 2.24. The van der Waals surface area contributed by atoms with Crippen molar-refractivity contribution in [3.63, 3.8) is 0 Å². The standard InChI is InChI=1S/C6H8O3/c1-5(9-2)3-4-6(7)8/h3-4H,1H2,2H3,(H,7,8)/b4-3-. The fourth-order valence-electron chi connectivity index (χ4n) is 0.232. The van der Waals surface area contributed by atoms with Gasteiger partial charge in [-0.3, -0.25) is 0 Å². The van der Waals surface area contributed by atoms with Gasteiger partial charge in [-0.15, -0.1) is 0 Å². The lowest BCUT2D eigenvalue weighted by Crippen LogP contribution is -1.87. The van der Waals surface area contributed by atoms with E-state index in [-0.39, 0.29) is 0 Å². The van der Waals surface area contributed by atoms with E-state index >= 15 is 0 Å². The first-order chi connectivity index (χ1) is 4.16. The summed E-state index contributed by atoms with van der Waals surface area (Å²) in [6, 6.07) is 0. The number of carboxylic acids is 1. The van der Waals surface area contributed by atoms with Crippen molar-refractivity contribution >= 4 is 5.97 Å². The van der Waals surface area contributed by atoms with Crippen LogP contribution in [0.15, 0.2) is 24.5 Å². The Hall–Kier alpha value is -1.25. The van der Waals surface area contributed by atoms with E-state index in [1.807, 2.05) is 0 Å². The number of rotatable bonds is 3. The van der Waals surface area contributed by atoms with Crippen LogP contribution in [0.25, 0.3) is 0 Å². The van der Waals surface area contributed by atoms with Gasteiger partial charge in [0, 0.05) is 6.08 Å². The highest BCUT2D eigenvalue weighted by Gasteiger charge is 1.85. The number of allylic oxidation sites excluding steroid dienone is 1. The molecule has 0 aromatic carbocycles. The molecule has 0 aliphatic rings. The van der Waals surface area contributed by atoms with Crippen LogP contribution >= 0.6 is 0 Å².